The van der Waals surface area contributed by atoms with Gasteiger partial charge in [0.15, 0.2) is 5.78 Å². The average molecular weight is 614 g/mol. The summed E-state index contributed by atoms with van der Waals surface area (Å²) in [6.07, 6.45) is -0.593. The second-order valence-electron chi connectivity index (χ2n) is 9.95. The SMILES string of the molecule is C=C(Cn1cccn1)C(=O)Nc1ccc(CC(=O)c2cccc3c(Oc4ccnc(C(=O)NC)c4)cccc23)cc1C(F)(F)F. The zero-order valence-corrected chi connectivity index (χ0v) is 23.9. The van der Waals surface area contributed by atoms with E-state index in [1.165, 1.54) is 36.3 Å². The molecule has 0 aliphatic carbocycles. The van der Waals surface area contributed by atoms with Crippen LogP contribution in [0.1, 0.15) is 32.0 Å². The number of pyridine rings is 1. The predicted molar refractivity (Wildman–Crippen MR) is 161 cm³/mol. The van der Waals surface area contributed by atoms with E-state index in [0.29, 0.717) is 27.8 Å². The van der Waals surface area contributed by atoms with E-state index in [4.69, 9.17) is 4.74 Å². The van der Waals surface area contributed by atoms with Crippen molar-refractivity contribution >= 4 is 34.1 Å². The van der Waals surface area contributed by atoms with Gasteiger partial charge in [0, 0.05) is 54.6 Å². The van der Waals surface area contributed by atoms with Gasteiger partial charge >= 0.3 is 6.18 Å². The number of amides is 2. The Morgan fingerprint density at radius 2 is 1.73 bits per heavy atom. The van der Waals surface area contributed by atoms with E-state index in [9.17, 15) is 27.6 Å². The molecule has 2 N–H and O–H groups in total. The highest BCUT2D eigenvalue weighted by atomic mass is 19.4. The Kier molecular flexibility index (Phi) is 8.75. The maximum Gasteiger partial charge on any atom is 0.418 e. The fourth-order valence-electron chi connectivity index (χ4n) is 4.66. The molecule has 0 spiro atoms. The molecule has 45 heavy (non-hydrogen) atoms. The molecule has 0 unspecified atom stereocenters. The Hall–Kier alpha value is -5.78. The molecule has 0 radical (unpaired) electrons. The molecule has 0 saturated heterocycles. The molecule has 5 rings (SSSR count). The topological polar surface area (TPSA) is 115 Å². The molecule has 0 aliphatic heterocycles. The van der Waals surface area contributed by atoms with Crippen molar-refractivity contribution in [1.82, 2.24) is 20.1 Å². The molecule has 9 nitrogen and oxygen atoms in total. The van der Waals surface area contributed by atoms with Gasteiger partial charge in [0.1, 0.15) is 17.2 Å². The van der Waals surface area contributed by atoms with Crippen LogP contribution in [0.15, 0.2) is 104 Å². The van der Waals surface area contributed by atoms with Crippen molar-refractivity contribution in [1.29, 1.82) is 0 Å². The van der Waals surface area contributed by atoms with Crippen molar-refractivity contribution in [3.63, 3.8) is 0 Å². The molecule has 2 aromatic heterocycles. The number of hydrogen-bond acceptors (Lipinski definition) is 6. The van der Waals surface area contributed by atoms with Gasteiger partial charge in [-0.2, -0.15) is 18.3 Å². The Morgan fingerprint density at radius 3 is 2.47 bits per heavy atom. The number of rotatable bonds is 10. The number of carbonyl (C=O) groups excluding carboxylic acids is 3. The lowest BCUT2D eigenvalue weighted by Crippen LogP contribution is -2.20. The van der Waals surface area contributed by atoms with Crippen LogP contribution in [0.25, 0.3) is 10.8 Å². The summed E-state index contributed by atoms with van der Waals surface area (Å²) in [6, 6.07) is 18.2. The van der Waals surface area contributed by atoms with Gasteiger partial charge in [-0.3, -0.25) is 24.0 Å². The van der Waals surface area contributed by atoms with Gasteiger partial charge in [-0.15, -0.1) is 0 Å². The average Bonchev–Trinajstić information content (AvgIpc) is 3.54. The van der Waals surface area contributed by atoms with Crippen molar-refractivity contribution in [3.05, 3.63) is 126 Å². The zero-order chi connectivity index (χ0) is 32.1. The van der Waals surface area contributed by atoms with Crippen molar-refractivity contribution in [2.45, 2.75) is 19.1 Å². The van der Waals surface area contributed by atoms with Gasteiger partial charge in [0.25, 0.3) is 11.8 Å². The molecule has 5 aromatic rings. The largest absolute Gasteiger partial charge is 0.457 e. The normalized spacial score (nSPS) is 11.2. The molecule has 2 amide bonds. The van der Waals surface area contributed by atoms with Crippen LogP contribution in [0.3, 0.4) is 0 Å². The third-order valence-electron chi connectivity index (χ3n) is 6.84. The van der Waals surface area contributed by atoms with Crippen LogP contribution in [-0.4, -0.2) is 39.4 Å². The molecule has 2 heterocycles. The zero-order valence-electron chi connectivity index (χ0n) is 23.9. The number of alkyl halides is 3. The Balaban J connectivity index is 1.38. The van der Waals surface area contributed by atoms with E-state index in [1.807, 2.05) is 0 Å². The molecule has 0 saturated carbocycles. The van der Waals surface area contributed by atoms with Gasteiger partial charge in [0.2, 0.25) is 0 Å². The maximum absolute atomic E-state index is 14.1. The highest BCUT2D eigenvalue weighted by Gasteiger charge is 2.34. The van der Waals surface area contributed by atoms with Crippen LogP contribution in [0.5, 0.6) is 11.5 Å². The third kappa shape index (κ3) is 7.07. The number of nitrogens with one attached hydrogen (secondary N) is 2. The monoisotopic (exact) mass is 613 g/mol. The van der Waals surface area contributed by atoms with E-state index in [0.717, 1.165) is 12.1 Å². The molecular formula is C33H26F3N5O4. The minimum atomic E-state index is -4.80. The number of halogens is 3. The summed E-state index contributed by atoms with van der Waals surface area (Å²) < 4.78 is 49.6. The summed E-state index contributed by atoms with van der Waals surface area (Å²) in [4.78, 5) is 42.0. The first-order valence-corrected chi connectivity index (χ1v) is 13.6. The number of ketones is 1. The second kappa shape index (κ2) is 12.8. The first-order valence-electron chi connectivity index (χ1n) is 13.6. The van der Waals surface area contributed by atoms with Crippen molar-refractivity contribution in [2.24, 2.45) is 0 Å². The number of ether oxygens (including phenoxy) is 1. The number of anilines is 1. The van der Waals surface area contributed by atoms with Crippen LogP contribution >= 0.6 is 0 Å². The third-order valence-corrected chi connectivity index (χ3v) is 6.84. The summed E-state index contributed by atoms with van der Waals surface area (Å²) in [5.41, 5.74) is -0.957. The Morgan fingerprint density at radius 1 is 0.956 bits per heavy atom. The summed E-state index contributed by atoms with van der Waals surface area (Å²) in [5.74, 6) is -0.827. The van der Waals surface area contributed by atoms with Crippen molar-refractivity contribution < 1.29 is 32.3 Å². The fraction of sp³-hybridized carbons (Fsp3) is 0.121. The van der Waals surface area contributed by atoms with E-state index >= 15 is 0 Å². The number of fused-ring (bicyclic) bond motifs is 1. The summed E-state index contributed by atoms with van der Waals surface area (Å²) in [5, 5.41) is 9.86. The van der Waals surface area contributed by atoms with Crippen LogP contribution in [0, 0.1) is 0 Å². The maximum atomic E-state index is 14.1. The van der Waals surface area contributed by atoms with Gasteiger partial charge in [-0.25, -0.2) is 0 Å². The van der Waals surface area contributed by atoms with Crippen molar-refractivity contribution in [2.75, 3.05) is 12.4 Å². The number of hydrogen-bond donors (Lipinski definition) is 2. The second-order valence-corrected chi connectivity index (χ2v) is 9.95. The minimum Gasteiger partial charge on any atom is -0.457 e. The van der Waals surface area contributed by atoms with Crippen LogP contribution < -0.4 is 15.4 Å². The number of benzene rings is 3. The smallest absolute Gasteiger partial charge is 0.418 e. The molecule has 0 fully saturated rings. The van der Waals surface area contributed by atoms with E-state index in [-0.39, 0.29) is 35.7 Å². The number of carbonyl (C=O) groups is 3. The standard InChI is InChI=1S/C33H26F3N5O4/c1-20(19-41-15-5-13-39-41)31(43)40-27-11-10-21(16-26(27)33(34,35)36)17-29(42)24-7-3-8-25-23(24)6-4-9-30(25)45-22-12-14-38-28(18-22)32(44)37-2/h3-16,18H,1,17,19H2,2H3,(H,37,44)(H,40,43). The van der Waals surface area contributed by atoms with Crippen molar-refractivity contribution in [3.8, 4) is 11.5 Å². The molecule has 12 heteroatoms. The summed E-state index contributed by atoms with van der Waals surface area (Å²) in [6.45, 7) is 3.65. The highest BCUT2D eigenvalue weighted by molar-refractivity contribution is 6.10. The van der Waals surface area contributed by atoms with Gasteiger partial charge in [0.05, 0.1) is 17.8 Å². The molecule has 0 bridgehead atoms. The number of nitrogens with zero attached hydrogens (tertiary/aromatic N) is 3. The molecular weight excluding hydrogens is 587 g/mol. The van der Waals surface area contributed by atoms with Gasteiger partial charge in [-0.05, 0) is 41.3 Å². The number of aromatic nitrogens is 3. The molecule has 0 atom stereocenters. The van der Waals surface area contributed by atoms with Crippen LogP contribution in [-0.2, 0) is 23.9 Å². The van der Waals surface area contributed by atoms with E-state index in [1.54, 1.807) is 54.7 Å². The lowest BCUT2D eigenvalue weighted by molar-refractivity contribution is -0.137. The van der Waals surface area contributed by atoms with Gasteiger partial charge in [-0.1, -0.05) is 43.0 Å². The Labute approximate surface area is 255 Å². The molecule has 3 aromatic carbocycles. The summed E-state index contributed by atoms with van der Waals surface area (Å²) >= 11 is 0. The quantitative estimate of drug-likeness (QED) is 0.143. The summed E-state index contributed by atoms with van der Waals surface area (Å²) in [7, 11) is 1.49. The predicted octanol–water partition coefficient (Wildman–Crippen LogP) is 6.22. The van der Waals surface area contributed by atoms with E-state index < -0.39 is 29.1 Å². The van der Waals surface area contributed by atoms with Crippen LogP contribution in [0.2, 0.25) is 0 Å². The molecule has 0 aliphatic rings. The fourth-order valence-corrected chi connectivity index (χ4v) is 4.66. The van der Waals surface area contributed by atoms with Crippen LogP contribution in [0.4, 0.5) is 18.9 Å². The lowest BCUT2D eigenvalue weighted by Gasteiger charge is -2.16. The Bertz CT molecular complexity index is 1920. The number of Topliss-reactive ketones (excluding diaryl/α,β-unsaturated/α-hetero) is 1. The van der Waals surface area contributed by atoms with Gasteiger partial charge < -0.3 is 15.4 Å². The minimum absolute atomic E-state index is 0.00413. The lowest BCUT2D eigenvalue weighted by atomic mass is 9.96. The highest BCUT2D eigenvalue weighted by Crippen LogP contribution is 2.37. The molecule has 228 valence electrons. The first-order chi connectivity index (χ1) is 21.5. The first kappa shape index (κ1) is 30.7. The van der Waals surface area contributed by atoms with E-state index in [2.05, 4.69) is 27.3 Å².